The predicted octanol–water partition coefficient (Wildman–Crippen LogP) is 11.4. The van der Waals surface area contributed by atoms with Crippen LogP contribution >= 0.6 is 11.6 Å². The van der Waals surface area contributed by atoms with Crippen LogP contribution in [-0.4, -0.2) is 15.0 Å². The Labute approximate surface area is 269 Å². The molecular weight excluding hydrogens is 586 g/mol. The lowest BCUT2D eigenvalue weighted by atomic mass is 9.96. The van der Waals surface area contributed by atoms with Crippen molar-refractivity contribution in [2.24, 2.45) is 0 Å². The van der Waals surface area contributed by atoms with Gasteiger partial charge in [-0.25, -0.2) is 15.0 Å². The Balaban J connectivity index is 1.34. The Morgan fingerprint density at radius 3 is 1.91 bits per heavy atom. The number of rotatable bonds is 4. The summed E-state index contributed by atoms with van der Waals surface area (Å²) in [7, 11) is 0. The van der Waals surface area contributed by atoms with Gasteiger partial charge in [-0.1, -0.05) is 127 Å². The second kappa shape index (κ2) is 10.7. The third-order valence-electron chi connectivity index (χ3n) is 8.59. The van der Waals surface area contributed by atoms with Gasteiger partial charge >= 0.3 is 0 Å². The molecule has 2 heterocycles. The van der Waals surface area contributed by atoms with Gasteiger partial charge in [-0.3, -0.25) is 0 Å². The Hall–Kier alpha value is -5.84. The topological polar surface area (TPSA) is 51.8 Å². The number of nitrogens with zero attached hydrogens (tertiary/aromatic N) is 3. The molecule has 0 fully saturated rings. The van der Waals surface area contributed by atoms with Crippen molar-refractivity contribution in [2.45, 2.75) is 0 Å². The minimum atomic E-state index is 0.556. The lowest BCUT2D eigenvalue weighted by molar-refractivity contribution is 0.670. The van der Waals surface area contributed by atoms with Crippen LogP contribution in [0.25, 0.3) is 88.8 Å². The van der Waals surface area contributed by atoms with Crippen molar-refractivity contribution in [2.75, 3.05) is 0 Å². The van der Waals surface area contributed by atoms with E-state index < -0.39 is 0 Å². The van der Waals surface area contributed by atoms with E-state index in [1.807, 2.05) is 66.7 Å². The molecule has 4 nitrogen and oxygen atoms in total. The maximum absolute atomic E-state index is 6.68. The summed E-state index contributed by atoms with van der Waals surface area (Å²) in [4.78, 5) is 15.4. The molecule has 9 aromatic rings. The molecule has 0 atom stereocenters. The van der Waals surface area contributed by atoms with Gasteiger partial charge in [0.2, 0.25) is 0 Å². The average Bonchev–Trinajstić information content (AvgIpc) is 3.50. The summed E-state index contributed by atoms with van der Waals surface area (Å²) < 4.78 is 6.45. The van der Waals surface area contributed by atoms with Crippen LogP contribution in [0.1, 0.15) is 0 Å². The Bertz CT molecular complexity index is 2610. The summed E-state index contributed by atoms with van der Waals surface area (Å²) in [6, 6.07) is 49.3. The van der Waals surface area contributed by atoms with Crippen molar-refractivity contribution in [1.82, 2.24) is 15.0 Å². The van der Waals surface area contributed by atoms with Gasteiger partial charge in [0, 0.05) is 38.0 Å². The maximum atomic E-state index is 6.68. The summed E-state index contributed by atoms with van der Waals surface area (Å²) in [5.41, 5.74) is 6.14. The maximum Gasteiger partial charge on any atom is 0.164 e. The number of para-hydroxylation sites is 2. The Morgan fingerprint density at radius 2 is 1.07 bits per heavy atom. The van der Waals surface area contributed by atoms with Gasteiger partial charge in [-0.15, -0.1) is 0 Å². The van der Waals surface area contributed by atoms with Crippen LogP contribution in [-0.2, 0) is 0 Å². The molecule has 46 heavy (non-hydrogen) atoms. The first-order chi connectivity index (χ1) is 22.7. The molecule has 0 aliphatic heterocycles. The van der Waals surface area contributed by atoms with Gasteiger partial charge in [0.05, 0.1) is 0 Å². The largest absolute Gasteiger partial charge is 0.455 e. The molecule has 216 valence electrons. The molecule has 0 radical (unpaired) electrons. The molecule has 5 heteroatoms. The number of halogens is 1. The number of benzene rings is 7. The normalized spacial score (nSPS) is 11.6. The molecule has 0 spiro atoms. The van der Waals surface area contributed by atoms with Crippen LogP contribution in [0, 0.1) is 0 Å². The first-order valence-corrected chi connectivity index (χ1v) is 15.5. The van der Waals surface area contributed by atoms with Crippen molar-refractivity contribution < 1.29 is 4.42 Å². The molecule has 7 aromatic carbocycles. The van der Waals surface area contributed by atoms with E-state index in [1.165, 1.54) is 5.39 Å². The summed E-state index contributed by atoms with van der Waals surface area (Å²) >= 11 is 6.68. The van der Waals surface area contributed by atoms with Crippen molar-refractivity contribution in [1.29, 1.82) is 0 Å². The summed E-state index contributed by atoms with van der Waals surface area (Å²) in [6.07, 6.45) is 0. The quantitative estimate of drug-likeness (QED) is 0.186. The molecule has 0 N–H and O–H groups in total. The monoisotopic (exact) mass is 609 g/mol. The van der Waals surface area contributed by atoms with Crippen LogP contribution in [0.4, 0.5) is 0 Å². The van der Waals surface area contributed by atoms with Crippen LogP contribution in [0.15, 0.2) is 150 Å². The first-order valence-electron chi connectivity index (χ1n) is 15.1. The highest BCUT2D eigenvalue weighted by atomic mass is 35.5. The highest BCUT2D eigenvalue weighted by molar-refractivity contribution is 6.31. The van der Waals surface area contributed by atoms with Gasteiger partial charge in [0.25, 0.3) is 0 Å². The lowest BCUT2D eigenvalue weighted by Gasteiger charge is -2.14. The second-order valence-electron chi connectivity index (χ2n) is 11.3. The molecule has 0 saturated heterocycles. The van der Waals surface area contributed by atoms with Gasteiger partial charge < -0.3 is 4.42 Å². The number of fused-ring (bicyclic) bond motifs is 6. The Kier molecular flexibility index (Phi) is 6.15. The summed E-state index contributed by atoms with van der Waals surface area (Å²) in [6.45, 7) is 0. The minimum Gasteiger partial charge on any atom is -0.455 e. The Morgan fingerprint density at radius 1 is 0.413 bits per heavy atom. The van der Waals surface area contributed by atoms with Crippen LogP contribution < -0.4 is 0 Å². The lowest BCUT2D eigenvalue weighted by Crippen LogP contribution is -2.01. The van der Waals surface area contributed by atoms with Crippen LogP contribution in [0.3, 0.4) is 0 Å². The highest BCUT2D eigenvalue weighted by Gasteiger charge is 2.20. The minimum absolute atomic E-state index is 0.556. The second-order valence-corrected chi connectivity index (χ2v) is 11.8. The zero-order valence-corrected chi connectivity index (χ0v) is 25.2. The highest BCUT2D eigenvalue weighted by Crippen LogP contribution is 2.41. The van der Waals surface area contributed by atoms with Gasteiger partial charge in [0.1, 0.15) is 11.2 Å². The smallest absolute Gasteiger partial charge is 0.164 e. The van der Waals surface area contributed by atoms with E-state index >= 15 is 0 Å². The number of furan rings is 1. The standard InChI is InChI=1S/C41H24ClN3O/c42-27-21-22-34(35(24-27)33-19-10-18-32-31-17-8-9-20-37(31)46-38(32)33)40-43-39(25-11-2-1-3-12-25)44-41(45-40)36-23-26-13-4-5-14-28(26)29-15-6-7-16-30(29)36/h1-24H. The van der Waals surface area contributed by atoms with Gasteiger partial charge in [-0.05, 0) is 57.4 Å². The van der Waals surface area contributed by atoms with E-state index in [2.05, 4.69) is 78.9 Å². The van der Waals surface area contributed by atoms with Crippen molar-refractivity contribution in [3.8, 4) is 45.3 Å². The molecule has 2 aromatic heterocycles. The molecule has 0 amide bonds. The fraction of sp³-hybridized carbons (Fsp3) is 0. The fourth-order valence-corrected chi connectivity index (χ4v) is 6.64. The third-order valence-corrected chi connectivity index (χ3v) is 8.83. The zero-order valence-electron chi connectivity index (χ0n) is 24.5. The third kappa shape index (κ3) is 4.34. The predicted molar refractivity (Wildman–Crippen MR) is 189 cm³/mol. The van der Waals surface area contributed by atoms with Crippen molar-refractivity contribution in [3.05, 3.63) is 151 Å². The van der Waals surface area contributed by atoms with E-state index in [0.717, 1.165) is 65.9 Å². The molecule has 0 unspecified atom stereocenters. The van der Waals surface area contributed by atoms with E-state index in [-0.39, 0.29) is 0 Å². The van der Waals surface area contributed by atoms with Crippen molar-refractivity contribution >= 4 is 55.1 Å². The molecule has 0 saturated carbocycles. The van der Waals surface area contributed by atoms with Gasteiger partial charge in [0.15, 0.2) is 17.5 Å². The molecule has 0 bridgehead atoms. The van der Waals surface area contributed by atoms with Crippen LogP contribution in [0.5, 0.6) is 0 Å². The van der Waals surface area contributed by atoms with Gasteiger partial charge in [-0.2, -0.15) is 0 Å². The molecule has 9 rings (SSSR count). The zero-order chi connectivity index (χ0) is 30.6. The van der Waals surface area contributed by atoms with E-state index in [9.17, 15) is 0 Å². The summed E-state index contributed by atoms with van der Waals surface area (Å²) in [5, 5.41) is 7.29. The average molecular weight is 610 g/mol. The number of aromatic nitrogens is 3. The molecule has 0 aliphatic carbocycles. The SMILES string of the molecule is Clc1ccc(-c2nc(-c3ccccc3)nc(-c3cc4ccccc4c4ccccc34)n2)c(-c2cccc3c2oc2ccccc23)c1. The summed E-state index contributed by atoms with van der Waals surface area (Å²) in [5.74, 6) is 1.76. The van der Waals surface area contributed by atoms with E-state index in [4.69, 9.17) is 31.0 Å². The number of hydrogen-bond acceptors (Lipinski definition) is 4. The van der Waals surface area contributed by atoms with Crippen molar-refractivity contribution in [3.63, 3.8) is 0 Å². The molecular formula is C41H24ClN3O. The van der Waals surface area contributed by atoms with Crippen LogP contribution in [0.2, 0.25) is 5.02 Å². The molecule has 0 aliphatic rings. The van der Waals surface area contributed by atoms with E-state index in [1.54, 1.807) is 0 Å². The fourth-order valence-electron chi connectivity index (χ4n) is 6.47. The van der Waals surface area contributed by atoms with E-state index in [0.29, 0.717) is 22.5 Å². The first kappa shape index (κ1) is 26.6. The number of hydrogen-bond donors (Lipinski definition) is 0.